The Morgan fingerprint density at radius 1 is 0.800 bits per heavy atom. The van der Waals surface area contributed by atoms with Gasteiger partial charge in [0.05, 0.1) is 27.0 Å². The molecular formula is C40H30FN3O4S2. The van der Waals surface area contributed by atoms with Gasteiger partial charge in [-0.3, -0.25) is 9.59 Å². The standard InChI is InChI=1S/C40H30FN3O4S2/c1-24(43-48-25(2)45)26-11-17-31(18-12-26)44-35-19-13-28(37(46)7-5-21-49-40-42-34-6-3-4-8-38(34)50-40)22-32(35)33-23-29(14-20-36(33)44)39(47)27-9-15-30(41)16-10-27/h3-4,6,8-20,22-23H,5,7,21H2,1-2H3. The molecule has 0 aliphatic carbocycles. The smallest absolute Gasteiger partial charge is 0.318 e. The predicted octanol–water partition coefficient (Wildman–Crippen LogP) is 9.81. The molecule has 0 atom stereocenters. The number of halogens is 1. The van der Waals surface area contributed by atoms with Crippen LogP contribution in [0.5, 0.6) is 0 Å². The number of carbonyl (C=O) groups excluding carboxylic acids is 3. The molecule has 2 aromatic heterocycles. The van der Waals surface area contributed by atoms with Gasteiger partial charge in [-0.25, -0.2) is 14.2 Å². The summed E-state index contributed by atoms with van der Waals surface area (Å²) in [4.78, 5) is 47.6. The van der Waals surface area contributed by atoms with Gasteiger partial charge in [-0.1, -0.05) is 41.2 Å². The molecule has 0 unspecified atom stereocenters. The van der Waals surface area contributed by atoms with Crippen molar-refractivity contribution in [1.82, 2.24) is 9.55 Å². The second-order valence-electron chi connectivity index (χ2n) is 11.8. The van der Waals surface area contributed by atoms with E-state index in [0.29, 0.717) is 35.2 Å². The van der Waals surface area contributed by atoms with Crippen molar-refractivity contribution >= 4 is 78.4 Å². The Balaban J connectivity index is 1.20. The predicted molar refractivity (Wildman–Crippen MR) is 198 cm³/mol. The van der Waals surface area contributed by atoms with Crippen molar-refractivity contribution < 1.29 is 23.6 Å². The fraction of sp³-hybridized carbons (Fsp3) is 0.125. The van der Waals surface area contributed by atoms with E-state index in [1.54, 1.807) is 36.1 Å². The van der Waals surface area contributed by atoms with Crippen molar-refractivity contribution in [2.24, 2.45) is 5.16 Å². The van der Waals surface area contributed by atoms with Crippen LogP contribution in [0.4, 0.5) is 4.39 Å². The minimum Gasteiger partial charge on any atom is -0.318 e. The van der Waals surface area contributed by atoms with E-state index in [-0.39, 0.29) is 11.6 Å². The number of nitrogens with zero attached hydrogens (tertiary/aromatic N) is 3. The Hall–Kier alpha value is -5.45. The molecule has 0 spiro atoms. The number of Topliss-reactive ketones (excluding diaryl/α,β-unsaturated/α-hetero) is 1. The lowest BCUT2D eigenvalue weighted by atomic mass is 10.00. The van der Waals surface area contributed by atoms with Crippen LogP contribution >= 0.6 is 23.1 Å². The molecular weight excluding hydrogens is 670 g/mol. The van der Waals surface area contributed by atoms with Crippen molar-refractivity contribution in [3.8, 4) is 5.69 Å². The van der Waals surface area contributed by atoms with Crippen LogP contribution in [-0.2, 0) is 9.63 Å². The van der Waals surface area contributed by atoms with Gasteiger partial charge in [-0.2, -0.15) is 0 Å². The van der Waals surface area contributed by atoms with Gasteiger partial charge in [0.15, 0.2) is 15.9 Å². The molecule has 0 bridgehead atoms. The number of hydrogen-bond donors (Lipinski definition) is 0. The van der Waals surface area contributed by atoms with Crippen LogP contribution in [0.2, 0.25) is 0 Å². The third-order valence-electron chi connectivity index (χ3n) is 8.36. The minimum absolute atomic E-state index is 0.0446. The summed E-state index contributed by atoms with van der Waals surface area (Å²) < 4.78 is 17.8. The highest BCUT2D eigenvalue weighted by Gasteiger charge is 2.18. The van der Waals surface area contributed by atoms with Gasteiger partial charge in [0.2, 0.25) is 0 Å². The number of oxime groups is 1. The SMILES string of the molecule is CC(=O)ON=C(C)c1ccc(-n2c3ccc(C(=O)CCCSc4nc5ccccc5s4)cc3c3cc(C(=O)c4ccc(F)cc4)ccc32)cc1. The highest BCUT2D eigenvalue weighted by atomic mass is 32.2. The molecule has 0 saturated carbocycles. The average molecular weight is 700 g/mol. The van der Waals surface area contributed by atoms with Gasteiger partial charge in [-0.15, -0.1) is 11.3 Å². The Bertz CT molecular complexity index is 2410. The summed E-state index contributed by atoms with van der Waals surface area (Å²) in [5, 5.41) is 5.54. The van der Waals surface area contributed by atoms with Crippen LogP contribution in [0.15, 0.2) is 119 Å². The molecule has 0 aliphatic rings. The van der Waals surface area contributed by atoms with Crippen molar-refractivity contribution in [1.29, 1.82) is 0 Å². The summed E-state index contributed by atoms with van der Waals surface area (Å²) >= 11 is 3.33. The fourth-order valence-electron chi connectivity index (χ4n) is 5.87. The van der Waals surface area contributed by atoms with E-state index in [1.807, 2.05) is 72.8 Å². The van der Waals surface area contributed by atoms with Crippen molar-refractivity contribution in [3.63, 3.8) is 0 Å². The summed E-state index contributed by atoms with van der Waals surface area (Å²) in [5.41, 5.74) is 6.36. The van der Waals surface area contributed by atoms with E-state index < -0.39 is 11.8 Å². The van der Waals surface area contributed by atoms with Gasteiger partial charge in [0.25, 0.3) is 0 Å². The second-order valence-corrected chi connectivity index (χ2v) is 14.1. The Morgan fingerprint density at radius 3 is 2.14 bits per heavy atom. The summed E-state index contributed by atoms with van der Waals surface area (Å²) in [5.74, 6) is -0.305. The molecule has 2 heterocycles. The first-order valence-electron chi connectivity index (χ1n) is 16.0. The summed E-state index contributed by atoms with van der Waals surface area (Å²) in [7, 11) is 0. The Morgan fingerprint density at radius 2 is 1.44 bits per heavy atom. The molecule has 0 saturated heterocycles. The first kappa shape index (κ1) is 33.1. The number of ketones is 2. The number of thioether (sulfide) groups is 1. The monoisotopic (exact) mass is 699 g/mol. The van der Waals surface area contributed by atoms with E-state index in [9.17, 15) is 18.8 Å². The first-order valence-corrected chi connectivity index (χ1v) is 17.8. The number of fused-ring (bicyclic) bond motifs is 4. The summed E-state index contributed by atoms with van der Waals surface area (Å²) in [6.45, 7) is 3.06. The molecule has 0 fully saturated rings. The zero-order valence-corrected chi connectivity index (χ0v) is 28.8. The number of aromatic nitrogens is 2. The normalized spacial score (nSPS) is 11.8. The molecule has 0 aliphatic heterocycles. The van der Waals surface area contributed by atoms with E-state index in [0.717, 1.165) is 53.4 Å². The molecule has 10 heteroatoms. The van der Waals surface area contributed by atoms with E-state index in [2.05, 4.69) is 20.8 Å². The topological polar surface area (TPSA) is 90.6 Å². The molecule has 7 nitrogen and oxygen atoms in total. The average Bonchev–Trinajstić information content (AvgIpc) is 3.70. The summed E-state index contributed by atoms with van der Waals surface area (Å²) in [6.07, 6.45) is 1.11. The molecule has 5 aromatic carbocycles. The number of para-hydroxylation sites is 1. The van der Waals surface area contributed by atoms with Gasteiger partial charge >= 0.3 is 5.97 Å². The number of rotatable bonds is 11. The lowest BCUT2D eigenvalue weighted by Crippen LogP contribution is -2.02. The molecule has 0 amide bonds. The van der Waals surface area contributed by atoms with E-state index in [4.69, 9.17) is 4.84 Å². The molecule has 7 aromatic rings. The third-order valence-corrected chi connectivity index (χ3v) is 10.6. The van der Waals surface area contributed by atoms with Gasteiger partial charge < -0.3 is 9.40 Å². The highest BCUT2D eigenvalue weighted by Crippen LogP contribution is 2.35. The van der Waals surface area contributed by atoms with Crippen molar-refractivity contribution in [2.45, 2.75) is 31.0 Å². The second kappa shape index (κ2) is 14.2. The molecule has 0 N–H and O–H groups in total. The number of carbonyl (C=O) groups is 3. The molecule has 0 radical (unpaired) electrons. The number of benzene rings is 5. The highest BCUT2D eigenvalue weighted by molar-refractivity contribution is 8.01. The zero-order chi connectivity index (χ0) is 34.8. The maximum Gasteiger partial charge on any atom is 0.331 e. The Kier molecular flexibility index (Phi) is 9.38. The quantitative estimate of drug-likeness (QED) is 0.0334. The van der Waals surface area contributed by atoms with Gasteiger partial charge in [0.1, 0.15) is 5.82 Å². The van der Waals surface area contributed by atoms with Crippen LogP contribution in [0.3, 0.4) is 0 Å². The number of hydrogen-bond acceptors (Lipinski definition) is 8. The van der Waals surface area contributed by atoms with Crippen LogP contribution in [-0.4, -0.2) is 38.6 Å². The number of thiazole rings is 1. The maximum absolute atomic E-state index is 13.6. The molecule has 50 heavy (non-hydrogen) atoms. The lowest BCUT2D eigenvalue weighted by Gasteiger charge is -2.10. The van der Waals surface area contributed by atoms with Crippen molar-refractivity contribution in [3.05, 3.63) is 137 Å². The minimum atomic E-state index is -0.496. The van der Waals surface area contributed by atoms with E-state index in [1.165, 1.54) is 31.2 Å². The zero-order valence-electron chi connectivity index (χ0n) is 27.2. The lowest BCUT2D eigenvalue weighted by molar-refractivity contribution is -0.140. The Labute approximate surface area is 295 Å². The van der Waals surface area contributed by atoms with Crippen LogP contribution in [0.1, 0.15) is 58.5 Å². The third kappa shape index (κ3) is 6.85. The van der Waals surface area contributed by atoms with E-state index >= 15 is 0 Å². The first-order chi connectivity index (χ1) is 24.2. The fourth-order valence-corrected chi connectivity index (χ4v) is 7.95. The van der Waals surface area contributed by atoms with Gasteiger partial charge in [-0.05, 0) is 104 Å². The van der Waals surface area contributed by atoms with Gasteiger partial charge in [0, 0.05) is 52.2 Å². The largest absolute Gasteiger partial charge is 0.331 e. The van der Waals surface area contributed by atoms with Crippen molar-refractivity contribution in [2.75, 3.05) is 5.75 Å². The molecule has 7 rings (SSSR count). The van der Waals surface area contributed by atoms with Crippen LogP contribution < -0.4 is 0 Å². The van der Waals surface area contributed by atoms with Crippen LogP contribution in [0, 0.1) is 5.82 Å². The summed E-state index contributed by atoms with van der Waals surface area (Å²) in [6, 6.07) is 32.5. The molecule has 248 valence electrons. The maximum atomic E-state index is 13.6. The van der Waals surface area contributed by atoms with Crippen LogP contribution in [0.25, 0.3) is 37.7 Å².